The van der Waals surface area contributed by atoms with E-state index >= 15 is 0 Å². The molecule has 4 aromatic heterocycles. The lowest BCUT2D eigenvalue weighted by molar-refractivity contribution is 0.672. The van der Waals surface area contributed by atoms with Crippen LogP contribution < -0.4 is 0 Å². The first-order valence-corrected chi connectivity index (χ1v) is 17.8. The summed E-state index contributed by atoms with van der Waals surface area (Å²) in [4.78, 5) is 15.1. The Balaban J connectivity index is 1.16. The standard InChI is InChI=1S/C45H26N4OS/c1-3-12-27(13-4-1)43-46-44(28-14-5-2-6-15-28)48-45(47-43)34-18-11-21-38-40(34)41-39(51-38)25-24-33-32-23-22-29(26-37(32)50-42(33)41)49-35-19-9-7-16-30(35)31-17-8-10-20-36(31)49/h1-26H. The molecule has 0 saturated heterocycles. The molecule has 0 atom stereocenters. The zero-order valence-corrected chi connectivity index (χ0v) is 27.9. The Morgan fingerprint density at radius 3 is 1.73 bits per heavy atom. The molecule has 7 aromatic carbocycles. The van der Waals surface area contributed by atoms with Gasteiger partial charge in [-0.05, 0) is 42.5 Å². The van der Waals surface area contributed by atoms with Gasteiger partial charge in [0.2, 0.25) is 0 Å². The van der Waals surface area contributed by atoms with Crippen LogP contribution in [0, 0.1) is 0 Å². The molecule has 0 aliphatic rings. The van der Waals surface area contributed by atoms with Gasteiger partial charge in [-0.15, -0.1) is 11.3 Å². The molecule has 0 saturated carbocycles. The summed E-state index contributed by atoms with van der Waals surface area (Å²) in [6.45, 7) is 0. The Morgan fingerprint density at radius 2 is 1.04 bits per heavy atom. The van der Waals surface area contributed by atoms with Crippen molar-refractivity contribution in [1.82, 2.24) is 19.5 Å². The molecule has 0 unspecified atom stereocenters. The SMILES string of the molecule is c1ccc(-c2nc(-c3ccccc3)nc(-c3cccc4sc5ccc6c7ccc(-n8c9ccccc9c9ccccc98)cc7oc6c5c34)n2)cc1. The summed E-state index contributed by atoms with van der Waals surface area (Å²) in [7, 11) is 0. The molecule has 0 radical (unpaired) electrons. The first-order chi connectivity index (χ1) is 25.3. The Labute approximate surface area is 295 Å². The van der Waals surface area contributed by atoms with E-state index in [-0.39, 0.29) is 0 Å². The molecule has 11 aromatic rings. The smallest absolute Gasteiger partial charge is 0.164 e. The average Bonchev–Trinajstić information content (AvgIpc) is 3.87. The van der Waals surface area contributed by atoms with Gasteiger partial charge in [0.15, 0.2) is 17.5 Å². The summed E-state index contributed by atoms with van der Waals surface area (Å²) in [5.41, 5.74) is 7.98. The predicted octanol–water partition coefficient (Wildman–Crippen LogP) is 12.2. The van der Waals surface area contributed by atoms with Crippen molar-refractivity contribution in [2.75, 3.05) is 0 Å². The van der Waals surface area contributed by atoms with Gasteiger partial charge >= 0.3 is 0 Å². The number of nitrogens with zero attached hydrogens (tertiary/aromatic N) is 4. The molecular formula is C45H26N4OS. The Hall–Kier alpha value is -6.63. The van der Waals surface area contributed by atoms with E-state index in [1.54, 1.807) is 11.3 Å². The van der Waals surface area contributed by atoms with Gasteiger partial charge in [-0.25, -0.2) is 15.0 Å². The molecule has 4 heterocycles. The van der Waals surface area contributed by atoms with Gasteiger partial charge in [0.1, 0.15) is 11.2 Å². The fourth-order valence-electron chi connectivity index (χ4n) is 7.58. The lowest BCUT2D eigenvalue weighted by Crippen LogP contribution is -2.00. The molecule has 5 nitrogen and oxygen atoms in total. The number of thiophene rings is 1. The van der Waals surface area contributed by atoms with Crippen molar-refractivity contribution in [3.63, 3.8) is 0 Å². The van der Waals surface area contributed by atoms with Crippen LogP contribution in [0.15, 0.2) is 162 Å². The second-order valence-corrected chi connectivity index (χ2v) is 13.9. The van der Waals surface area contributed by atoms with Gasteiger partial charge in [0.25, 0.3) is 0 Å². The molecule has 0 amide bonds. The van der Waals surface area contributed by atoms with Crippen molar-refractivity contribution in [2.45, 2.75) is 0 Å². The van der Waals surface area contributed by atoms with Crippen LogP contribution in [-0.2, 0) is 0 Å². The van der Waals surface area contributed by atoms with Crippen LogP contribution in [-0.4, -0.2) is 19.5 Å². The first-order valence-electron chi connectivity index (χ1n) is 16.9. The highest BCUT2D eigenvalue weighted by Gasteiger charge is 2.21. The Morgan fingerprint density at radius 1 is 0.451 bits per heavy atom. The van der Waals surface area contributed by atoms with Gasteiger partial charge in [-0.1, -0.05) is 109 Å². The minimum Gasteiger partial charge on any atom is -0.455 e. The highest BCUT2D eigenvalue weighted by atomic mass is 32.1. The van der Waals surface area contributed by atoms with Crippen molar-refractivity contribution in [2.24, 2.45) is 0 Å². The molecule has 0 bridgehead atoms. The number of furan rings is 1. The first kappa shape index (κ1) is 28.2. The molecule has 6 heteroatoms. The number of aromatic nitrogens is 4. The van der Waals surface area contributed by atoms with Crippen LogP contribution in [0.1, 0.15) is 0 Å². The fraction of sp³-hybridized carbons (Fsp3) is 0. The number of benzene rings is 7. The van der Waals surface area contributed by atoms with E-state index in [4.69, 9.17) is 19.4 Å². The third-order valence-electron chi connectivity index (χ3n) is 9.86. The molecule has 0 aliphatic carbocycles. The molecule has 0 fully saturated rings. The van der Waals surface area contributed by atoms with Crippen LogP contribution in [0.3, 0.4) is 0 Å². The third kappa shape index (κ3) is 4.30. The summed E-state index contributed by atoms with van der Waals surface area (Å²) in [6, 6.07) is 54.8. The van der Waals surface area contributed by atoms with E-state index in [1.807, 2.05) is 60.7 Å². The molecule has 0 N–H and O–H groups in total. The van der Waals surface area contributed by atoms with Gasteiger partial charge in [-0.2, -0.15) is 0 Å². The summed E-state index contributed by atoms with van der Waals surface area (Å²) >= 11 is 1.77. The fourth-order valence-corrected chi connectivity index (χ4v) is 8.71. The van der Waals surface area contributed by atoms with Crippen molar-refractivity contribution in [3.05, 3.63) is 158 Å². The number of rotatable bonds is 4. The number of para-hydroxylation sites is 2. The monoisotopic (exact) mass is 670 g/mol. The van der Waals surface area contributed by atoms with Gasteiger partial charge < -0.3 is 8.98 Å². The predicted molar refractivity (Wildman–Crippen MR) is 211 cm³/mol. The van der Waals surface area contributed by atoms with E-state index in [2.05, 4.69) is 102 Å². The maximum atomic E-state index is 6.91. The zero-order valence-electron chi connectivity index (χ0n) is 27.1. The van der Waals surface area contributed by atoms with Crippen LogP contribution >= 0.6 is 11.3 Å². The van der Waals surface area contributed by atoms with E-state index in [0.717, 1.165) is 64.5 Å². The van der Waals surface area contributed by atoms with Crippen molar-refractivity contribution in [1.29, 1.82) is 0 Å². The Bertz CT molecular complexity index is 3030. The highest BCUT2D eigenvalue weighted by molar-refractivity contribution is 7.26. The van der Waals surface area contributed by atoms with E-state index in [1.165, 1.54) is 21.8 Å². The largest absolute Gasteiger partial charge is 0.455 e. The molecular weight excluding hydrogens is 645 g/mol. The minimum absolute atomic E-state index is 0.634. The highest BCUT2D eigenvalue weighted by Crippen LogP contribution is 2.45. The molecule has 0 aliphatic heterocycles. The summed E-state index contributed by atoms with van der Waals surface area (Å²) in [5, 5.41) is 6.83. The third-order valence-corrected chi connectivity index (χ3v) is 11.0. The van der Waals surface area contributed by atoms with Crippen molar-refractivity contribution < 1.29 is 4.42 Å². The van der Waals surface area contributed by atoms with Crippen LogP contribution in [0.5, 0.6) is 0 Å². The lowest BCUT2D eigenvalue weighted by atomic mass is 10.0. The summed E-state index contributed by atoms with van der Waals surface area (Å²) in [5.74, 6) is 1.92. The normalized spacial score (nSPS) is 11.9. The lowest BCUT2D eigenvalue weighted by Gasteiger charge is -2.09. The summed E-state index contributed by atoms with van der Waals surface area (Å²) < 4.78 is 11.6. The zero-order chi connectivity index (χ0) is 33.5. The molecule has 11 rings (SSSR count). The summed E-state index contributed by atoms with van der Waals surface area (Å²) in [6.07, 6.45) is 0. The van der Waals surface area contributed by atoms with E-state index in [0.29, 0.717) is 17.5 Å². The maximum absolute atomic E-state index is 6.91. The van der Waals surface area contributed by atoms with Crippen molar-refractivity contribution in [3.8, 4) is 39.9 Å². The number of fused-ring (bicyclic) bond motifs is 10. The molecule has 238 valence electrons. The topological polar surface area (TPSA) is 56.7 Å². The van der Waals surface area contributed by atoms with Crippen LogP contribution in [0.2, 0.25) is 0 Å². The maximum Gasteiger partial charge on any atom is 0.164 e. The quantitative estimate of drug-likeness (QED) is 0.187. The van der Waals surface area contributed by atoms with Gasteiger partial charge in [0, 0.05) is 70.2 Å². The van der Waals surface area contributed by atoms with E-state index < -0.39 is 0 Å². The van der Waals surface area contributed by atoms with E-state index in [9.17, 15) is 0 Å². The van der Waals surface area contributed by atoms with Gasteiger partial charge in [-0.3, -0.25) is 0 Å². The molecule has 0 spiro atoms. The minimum atomic E-state index is 0.634. The van der Waals surface area contributed by atoms with Crippen LogP contribution in [0.25, 0.3) is 104 Å². The molecule has 51 heavy (non-hydrogen) atoms. The second-order valence-electron chi connectivity index (χ2n) is 12.8. The van der Waals surface area contributed by atoms with Crippen molar-refractivity contribution >= 4 is 75.3 Å². The number of hydrogen-bond donors (Lipinski definition) is 0. The average molecular weight is 671 g/mol. The Kier molecular flexibility index (Phi) is 6.05. The van der Waals surface area contributed by atoms with Crippen LogP contribution in [0.4, 0.5) is 0 Å². The second kappa shape index (κ2) is 10.9. The number of hydrogen-bond acceptors (Lipinski definition) is 5. The van der Waals surface area contributed by atoms with Gasteiger partial charge in [0.05, 0.1) is 11.0 Å².